The number of benzene rings is 1. The highest BCUT2D eigenvalue weighted by Gasteiger charge is 2.26. The van der Waals surface area contributed by atoms with Gasteiger partial charge in [-0.3, -0.25) is 4.90 Å². The molecule has 5 heteroatoms. The average molecular weight is 445 g/mol. The molecule has 1 atom stereocenters. The predicted octanol–water partition coefficient (Wildman–Crippen LogP) is 5.68. The Labute approximate surface area is 199 Å². The first kappa shape index (κ1) is 24.8. The number of morpholine rings is 1. The highest BCUT2D eigenvalue weighted by Crippen LogP contribution is 2.39. The van der Waals surface area contributed by atoms with Crippen LogP contribution in [0.3, 0.4) is 0 Å². The number of nitrogens with zero attached hydrogens (tertiary/aromatic N) is 4. The standard InChI is InChI=1S/C28H36N4O/c1-5-6-27(32-13-15-33-16-14-32)31(4)26-11-9-22(10-12-26)7-8-23-17-24(25(20-29)21-30)19-28(2,3)18-23/h7-12,17,27H,5-6,13-16,18-19H2,1-4H3. The van der Waals surface area contributed by atoms with Gasteiger partial charge in [0.15, 0.2) is 0 Å². The third kappa shape index (κ3) is 6.57. The predicted molar refractivity (Wildman–Crippen MR) is 134 cm³/mol. The summed E-state index contributed by atoms with van der Waals surface area (Å²) in [5, 5.41) is 18.6. The number of ether oxygens (including phenoxy) is 1. The molecule has 0 bridgehead atoms. The molecule has 1 saturated heterocycles. The summed E-state index contributed by atoms with van der Waals surface area (Å²) in [7, 11) is 2.19. The smallest absolute Gasteiger partial charge is 0.132 e. The van der Waals surface area contributed by atoms with E-state index in [0.29, 0.717) is 6.17 Å². The topological polar surface area (TPSA) is 63.3 Å². The van der Waals surface area contributed by atoms with E-state index in [1.807, 2.05) is 18.2 Å². The van der Waals surface area contributed by atoms with E-state index >= 15 is 0 Å². The molecule has 5 nitrogen and oxygen atoms in total. The van der Waals surface area contributed by atoms with Crippen LogP contribution in [0, 0.1) is 28.1 Å². The maximum atomic E-state index is 9.28. The number of allylic oxidation sites excluding steroid dienone is 5. The van der Waals surface area contributed by atoms with E-state index in [1.54, 1.807) is 0 Å². The Bertz CT molecular complexity index is 966. The van der Waals surface area contributed by atoms with Crippen LogP contribution in [0.15, 0.2) is 53.1 Å². The van der Waals surface area contributed by atoms with Crippen LogP contribution in [0.1, 0.15) is 52.0 Å². The first-order valence-corrected chi connectivity index (χ1v) is 11.9. The molecule has 33 heavy (non-hydrogen) atoms. The minimum Gasteiger partial charge on any atom is -0.379 e. The average Bonchev–Trinajstić information content (AvgIpc) is 2.81. The summed E-state index contributed by atoms with van der Waals surface area (Å²) in [5.74, 6) is 0. The van der Waals surface area contributed by atoms with Crippen LogP contribution in [0.5, 0.6) is 0 Å². The van der Waals surface area contributed by atoms with Crippen LogP contribution in [-0.4, -0.2) is 44.4 Å². The molecule has 0 N–H and O–H groups in total. The number of hydrogen-bond donors (Lipinski definition) is 0. The van der Waals surface area contributed by atoms with Gasteiger partial charge in [0.05, 0.1) is 19.4 Å². The first-order chi connectivity index (χ1) is 15.9. The molecule has 1 aliphatic heterocycles. The lowest BCUT2D eigenvalue weighted by Crippen LogP contribution is -2.51. The zero-order valence-corrected chi connectivity index (χ0v) is 20.5. The SMILES string of the molecule is CCCC(N1CCOCC1)N(C)c1ccc(C=CC2=CC(=C(C#N)C#N)CC(C)(C)C2)cc1. The second-order valence-electron chi connectivity index (χ2n) is 9.81. The van der Waals surface area contributed by atoms with Gasteiger partial charge in [-0.1, -0.05) is 57.6 Å². The van der Waals surface area contributed by atoms with Crippen molar-refractivity contribution in [3.8, 4) is 12.1 Å². The lowest BCUT2D eigenvalue weighted by Gasteiger charge is -2.40. The Morgan fingerprint density at radius 2 is 1.79 bits per heavy atom. The zero-order chi connectivity index (χ0) is 23.8. The van der Waals surface area contributed by atoms with Gasteiger partial charge >= 0.3 is 0 Å². The lowest BCUT2D eigenvalue weighted by atomic mass is 9.74. The van der Waals surface area contributed by atoms with E-state index < -0.39 is 0 Å². The Morgan fingerprint density at radius 3 is 2.39 bits per heavy atom. The van der Waals surface area contributed by atoms with Crippen LogP contribution in [0.2, 0.25) is 0 Å². The van der Waals surface area contributed by atoms with Crippen LogP contribution in [0.4, 0.5) is 5.69 Å². The van der Waals surface area contributed by atoms with Crippen LogP contribution in [-0.2, 0) is 4.74 Å². The van der Waals surface area contributed by atoms with Crippen LogP contribution >= 0.6 is 0 Å². The zero-order valence-electron chi connectivity index (χ0n) is 20.5. The third-order valence-corrected chi connectivity index (χ3v) is 6.51. The molecular weight excluding hydrogens is 408 g/mol. The van der Waals surface area contributed by atoms with E-state index in [4.69, 9.17) is 4.74 Å². The largest absolute Gasteiger partial charge is 0.379 e. The third-order valence-electron chi connectivity index (χ3n) is 6.51. The van der Waals surface area contributed by atoms with Crippen LogP contribution < -0.4 is 4.90 Å². The minimum absolute atomic E-state index is 0.0308. The Kier molecular flexibility index (Phi) is 8.50. The Hall–Kier alpha value is -2.86. The molecule has 0 radical (unpaired) electrons. The number of rotatable bonds is 7. The van der Waals surface area contributed by atoms with Gasteiger partial charge in [-0.15, -0.1) is 0 Å². The molecule has 1 fully saturated rings. The van der Waals surface area contributed by atoms with E-state index in [-0.39, 0.29) is 11.0 Å². The molecule has 174 valence electrons. The fourth-order valence-corrected chi connectivity index (χ4v) is 4.84. The highest BCUT2D eigenvalue weighted by atomic mass is 16.5. The molecule has 1 aliphatic carbocycles. The van der Waals surface area contributed by atoms with Crippen molar-refractivity contribution in [2.45, 2.75) is 52.6 Å². The highest BCUT2D eigenvalue weighted by molar-refractivity contribution is 5.59. The van der Waals surface area contributed by atoms with Gasteiger partial charge in [0.2, 0.25) is 0 Å². The molecule has 0 spiro atoms. The molecule has 1 unspecified atom stereocenters. The van der Waals surface area contributed by atoms with Crippen molar-refractivity contribution in [2.75, 3.05) is 38.3 Å². The maximum Gasteiger partial charge on any atom is 0.132 e. The van der Waals surface area contributed by atoms with Crippen molar-refractivity contribution in [1.29, 1.82) is 10.5 Å². The summed E-state index contributed by atoms with van der Waals surface area (Å²) in [4.78, 5) is 4.91. The van der Waals surface area contributed by atoms with Gasteiger partial charge in [-0.2, -0.15) is 10.5 Å². The fourth-order valence-electron chi connectivity index (χ4n) is 4.84. The lowest BCUT2D eigenvalue weighted by molar-refractivity contribution is 0.0149. The first-order valence-electron chi connectivity index (χ1n) is 11.9. The monoisotopic (exact) mass is 444 g/mol. The molecule has 1 heterocycles. The molecule has 0 amide bonds. The van der Waals surface area contributed by atoms with E-state index in [0.717, 1.165) is 68.7 Å². The number of nitriles is 2. The molecular formula is C28H36N4O. The van der Waals surface area contributed by atoms with Gasteiger partial charge in [-0.05, 0) is 53.5 Å². The number of hydrogen-bond acceptors (Lipinski definition) is 5. The van der Waals surface area contributed by atoms with E-state index in [1.165, 1.54) is 5.69 Å². The fraction of sp³-hybridized carbons (Fsp3) is 0.500. The molecule has 0 saturated carbocycles. The number of anilines is 1. The summed E-state index contributed by atoms with van der Waals surface area (Å²) < 4.78 is 5.54. The molecule has 2 aliphatic rings. The molecule has 1 aromatic rings. The van der Waals surface area contributed by atoms with Crippen molar-refractivity contribution < 1.29 is 4.74 Å². The Morgan fingerprint density at radius 1 is 1.12 bits per heavy atom. The summed E-state index contributed by atoms with van der Waals surface area (Å²) in [5.41, 5.74) is 4.61. The van der Waals surface area contributed by atoms with E-state index in [9.17, 15) is 10.5 Å². The van der Waals surface area contributed by atoms with Crippen molar-refractivity contribution in [3.05, 3.63) is 58.7 Å². The second kappa shape index (κ2) is 11.3. The van der Waals surface area contributed by atoms with Crippen molar-refractivity contribution in [2.24, 2.45) is 5.41 Å². The van der Waals surface area contributed by atoms with Crippen molar-refractivity contribution >= 4 is 11.8 Å². The van der Waals surface area contributed by atoms with Gasteiger partial charge < -0.3 is 9.64 Å². The summed E-state index contributed by atoms with van der Waals surface area (Å²) in [6.45, 7) is 10.2. The van der Waals surface area contributed by atoms with Crippen molar-refractivity contribution in [1.82, 2.24) is 4.90 Å². The maximum absolute atomic E-state index is 9.28. The van der Waals surface area contributed by atoms with Crippen molar-refractivity contribution in [3.63, 3.8) is 0 Å². The quantitative estimate of drug-likeness (QED) is 0.506. The molecule has 0 aromatic heterocycles. The molecule has 3 rings (SSSR count). The summed E-state index contributed by atoms with van der Waals surface area (Å²) in [6.07, 6.45) is 10.6. The van der Waals surface area contributed by atoms with Gasteiger partial charge in [0.25, 0.3) is 0 Å². The summed E-state index contributed by atoms with van der Waals surface area (Å²) >= 11 is 0. The minimum atomic E-state index is 0.0308. The van der Waals surface area contributed by atoms with E-state index in [2.05, 4.69) is 74.0 Å². The van der Waals surface area contributed by atoms with Gasteiger partial charge in [-0.25, -0.2) is 0 Å². The normalized spacial score (nSPS) is 19.5. The summed E-state index contributed by atoms with van der Waals surface area (Å²) in [6, 6.07) is 12.8. The van der Waals surface area contributed by atoms with Gasteiger partial charge in [0, 0.05) is 25.8 Å². The van der Waals surface area contributed by atoms with Crippen LogP contribution in [0.25, 0.3) is 6.08 Å². The molecule has 1 aromatic carbocycles. The van der Waals surface area contributed by atoms with Gasteiger partial charge in [0.1, 0.15) is 17.7 Å². The Balaban J connectivity index is 1.75. The second-order valence-corrected chi connectivity index (χ2v) is 9.81.